The summed E-state index contributed by atoms with van der Waals surface area (Å²) in [4.78, 5) is -0.144. The second-order valence-electron chi connectivity index (χ2n) is 2.54. The number of thiol groups is 1. The van der Waals surface area contributed by atoms with Crippen molar-refractivity contribution < 1.29 is 13.2 Å². The van der Waals surface area contributed by atoms with Crippen LogP contribution in [0.2, 0.25) is 0 Å². The highest BCUT2D eigenvalue weighted by Gasteiger charge is 2.19. The van der Waals surface area contributed by atoms with Crippen LogP contribution in [0.15, 0.2) is 21.9 Å². The molecular weight excluding hydrogens is 258 g/mol. The molecule has 1 rings (SSSR count). The van der Waals surface area contributed by atoms with Crippen LogP contribution >= 0.6 is 23.3 Å². The Labute approximate surface area is 97.3 Å². The predicted octanol–water partition coefficient (Wildman–Crippen LogP) is 1.78. The maximum Gasteiger partial charge on any atom is 0.262 e. The van der Waals surface area contributed by atoms with Crippen molar-refractivity contribution in [1.82, 2.24) is 0 Å². The molecule has 1 aromatic rings. The molecule has 4 nitrogen and oxygen atoms in total. The lowest BCUT2D eigenvalue weighted by atomic mass is 10.2. The van der Waals surface area contributed by atoms with Gasteiger partial charge in [0.05, 0.1) is 22.5 Å². The highest BCUT2D eigenvalue weighted by molar-refractivity contribution is 8.14. The van der Waals surface area contributed by atoms with Crippen molar-refractivity contribution >= 4 is 32.4 Å². The van der Waals surface area contributed by atoms with Gasteiger partial charge < -0.3 is 4.74 Å². The average molecular weight is 264 g/mol. The normalized spacial score (nSPS) is 10.8. The van der Waals surface area contributed by atoms with Crippen molar-refractivity contribution in [3.8, 4) is 11.8 Å². The fourth-order valence-electron chi connectivity index (χ4n) is 1.04. The van der Waals surface area contributed by atoms with Crippen LogP contribution in [0.5, 0.6) is 5.75 Å². The standard InChI is InChI=1S/C8H6ClNO3S2/c1-13-7-5(4-10)2-3-6(8(7)14)15(9,11)12/h2-3,14H,1H3. The third kappa shape index (κ3) is 2.37. The first-order valence-corrected chi connectivity index (χ1v) is 6.42. The topological polar surface area (TPSA) is 67.2 Å². The molecule has 0 saturated heterocycles. The van der Waals surface area contributed by atoms with E-state index in [2.05, 4.69) is 12.6 Å². The van der Waals surface area contributed by atoms with E-state index in [1.165, 1.54) is 19.2 Å². The van der Waals surface area contributed by atoms with Crippen LogP contribution in [-0.4, -0.2) is 15.5 Å². The Kier molecular flexibility index (Phi) is 3.50. The van der Waals surface area contributed by atoms with Gasteiger partial charge in [0.25, 0.3) is 9.05 Å². The Bertz CT molecular complexity index is 534. The molecular formula is C8H6ClNO3S2. The van der Waals surface area contributed by atoms with Crippen LogP contribution in [0.1, 0.15) is 5.56 Å². The first kappa shape index (κ1) is 12.2. The molecule has 0 radical (unpaired) electrons. The Morgan fingerprint density at radius 2 is 2.13 bits per heavy atom. The van der Waals surface area contributed by atoms with Gasteiger partial charge in [-0.1, -0.05) is 0 Å². The monoisotopic (exact) mass is 263 g/mol. The summed E-state index contributed by atoms with van der Waals surface area (Å²) in [6, 6.07) is 4.38. The van der Waals surface area contributed by atoms with E-state index in [9.17, 15) is 8.42 Å². The molecule has 0 fully saturated rings. The van der Waals surface area contributed by atoms with Crippen molar-refractivity contribution in [2.24, 2.45) is 0 Å². The van der Waals surface area contributed by atoms with Gasteiger partial charge >= 0.3 is 0 Å². The molecule has 0 heterocycles. The van der Waals surface area contributed by atoms with E-state index in [0.29, 0.717) is 0 Å². The molecule has 15 heavy (non-hydrogen) atoms. The van der Waals surface area contributed by atoms with E-state index >= 15 is 0 Å². The fraction of sp³-hybridized carbons (Fsp3) is 0.125. The quantitative estimate of drug-likeness (QED) is 0.652. The second kappa shape index (κ2) is 4.31. The smallest absolute Gasteiger partial charge is 0.262 e. The van der Waals surface area contributed by atoms with Gasteiger partial charge in [-0.15, -0.1) is 12.6 Å². The number of hydrogen-bond donors (Lipinski definition) is 1. The molecule has 0 spiro atoms. The summed E-state index contributed by atoms with van der Waals surface area (Å²) in [5, 5.41) is 8.72. The van der Waals surface area contributed by atoms with Gasteiger partial charge in [-0.3, -0.25) is 0 Å². The molecule has 7 heteroatoms. The zero-order valence-electron chi connectivity index (χ0n) is 7.56. The number of nitrogens with zero attached hydrogens (tertiary/aromatic N) is 1. The lowest BCUT2D eigenvalue weighted by Gasteiger charge is -2.08. The first-order chi connectivity index (χ1) is 6.91. The van der Waals surface area contributed by atoms with Crippen molar-refractivity contribution in [1.29, 1.82) is 5.26 Å². The minimum absolute atomic E-state index is 0.0338. The van der Waals surface area contributed by atoms with Gasteiger partial charge in [0, 0.05) is 10.7 Å². The van der Waals surface area contributed by atoms with E-state index in [1.807, 2.05) is 6.07 Å². The Hall–Kier alpha value is -0.900. The Morgan fingerprint density at radius 1 is 1.53 bits per heavy atom. The molecule has 0 aliphatic rings. The molecule has 0 aromatic heterocycles. The average Bonchev–Trinajstić information content (AvgIpc) is 2.15. The summed E-state index contributed by atoms with van der Waals surface area (Å²) in [5.74, 6) is 0.0996. The summed E-state index contributed by atoms with van der Waals surface area (Å²) in [6.45, 7) is 0. The summed E-state index contributed by atoms with van der Waals surface area (Å²) >= 11 is 3.97. The zero-order valence-corrected chi connectivity index (χ0v) is 10.0. The molecule has 0 aliphatic carbocycles. The van der Waals surface area contributed by atoms with Gasteiger partial charge in [0.2, 0.25) is 0 Å². The molecule has 1 aromatic carbocycles. The third-order valence-corrected chi connectivity index (χ3v) is 3.64. The predicted molar refractivity (Wildman–Crippen MR) is 58.0 cm³/mol. The summed E-state index contributed by atoms with van der Waals surface area (Å²) < 4.78 is 27.1. The first-order valence-electron chi connectivity index (χ1n) is 3.66. The van der Waals surface area contributed by atoms with Crippen molar-refractivity contribution in [3.63, 3.8) is 0 Å². The highest BCUT2D eigenvalue weighted by atomic mass is 35.7. The molecule has 0 amide bonds. The van der Waals surface area contributed by atoms with E-state index in [4.69, 9.17) is 20.7 Å². The minimum atomic E-state index is -3.88. The largest absolute Gasteiger partial charge is 0.494 e. The van der Waals surface area contributed by atoms with E-state index in [0.717, 1.165) is 0 Å². The number of halogens is 1. The van der Waals surface area contributed by atoms with E-state index in [-0.39, 0.29) is 21.1 Å². The molecule has 0 atom stereocenters. The van der Waals surface area contributed by atoms with Crippen molar-refractivity contribution in [2.45, 2.75) is 9.79 Å². The minimum Gasteiger partial charge on any atom is -0.494 e. The molecule has 80 valence electrons. The van der Waals surface area contributed by atoms with Crippen LogP contribution < -0.4 is 4.74 Å². The number of nitriles is 1. The van der Waals surface area contributed by atoms with E-state index < -0.39 is 9.05 Å². The van der Waals surface area contributed by atoms with Crippen LogP contribution in [0.25, 0.3) is 0 Å². The van der Waals surface area contributed by atoms with Crippen LogP contribution in [-0.2, 0) is 9.05 Å². The van der Waals surface area contributed by atoms with Gasteiger partial charge in [-0.25, -0.2) is 8.42 Å². The summed E-state index contributed by atoms with van der Waals surface area (Å²) in [7, 11) is 2.61. The second-order valence-corrected chi connectivity index (χ2v) is 5.52. The Morgan fingerprint density at radius 3 is 2.53 bits per heavy atom. The number of ether oxygens (including phenoxy) is 1. The lowest BCUT2D eigenvalue weighted by Crippen LogP contribution is -1.97. The van der Waals surface area contributed by atoms with Crippen molar-refractivity contribution in [3.05, 3.63) is 17.7 Å². The molecule has 0 unspecified atom stereocenters. The fourth-order valence-corrected chi connectivity index (χ4v) is 2.79. The molecule has 0 aliphatic heterocycles. The van der Waals surface area contributed by atoms with Gasteiger partial charge in [0.15, 0.2) is 5.75 Å². The SMILES string of the molecule is COc1c(C#N)ccc(S(=O)(=O)Cl)c1S. The lowest BCUT2D eigenvalue weighted by molar-refractivity contribution is 0.401. The highest BCUT2D eigenvalue weighted by Crippen LogP contribution is 2.34. The number of methoxy groups -OCH3 is 1. The zero-order chi connectivity index (χ0) is 11.6. The van der Waals surface area contributed by atoms with Crippen LogP contribution in [0.3, 0.4) is 0 Å². The van der Waals surface area contributed by atoms with Crippen LogP contribution in [0.4, 0.5) is 0 Å². The summed E-state index contributed by atoms with van der Waals surface area (Å²) in [5.41, 5.74) is 0.201. The third-order valence-electron chi connectivity index (χ3n) is 1.68. The number of rotatable bonds is 2. The van der Waals surface area contributed by atoms with Gasteiger partial charge in [0.1, 0.15) is 6.07 Å². The number of benzene rings is 1. The van der Waals surface area contributed by atoms with Gasteiger partial charge in [-0.05, 0) is 12.1 Å². The molecule has 0 N–H and O–H groups in total. The van der Waals surface area contributed by atoms with Gasteiger partial charge in [-0.2, -0.15) is 5.26 Å². The molecule has 0 bridgehead atoms. The Balaban J connectivity index is 3.59. The number of hydrogen-bond acceptors (Lipinski definition) is 5. The van der Waals surface area contributed by atoms with E-state index in [1.54, 1.807) is 0 Å². The maximum absolute atomic E-state index is 11.1. The van der Waals surface area contributed by atoms with Crippen molar-refractivity contribution in [2.75, 3.05) is 7.11 Å². The summed E-state index contributed by atoms with van der Waals surface area (Å²) in [6.07, 6.45) is 0. The maximum atomic E-state index is 11.1. The van der Waals surface area contributed by atoms with Crippen LogP contribution in [0, 0.1) is 11.3 Å². The molecule has 0 saturated carbocycles.